The molecule has 2 atom stereocenters. The molecule has 2 rings (SSSR count). The van der Waals surface area contributed by atoms with Gasteiger partial charge in [0.15, 0.2) is 0 Å². The molecule has 1 aromatic rings. The fraction of sp³-hybridized carbons (Fsp3) is 0.647. The zero-order valence-electron chi connectivity index (χ0n) is 12.5. The van der Waals surface area contributed by atoms with Crippen molar-refractivity contribution in [2.24, 2.45) is 0 Å². The third kappa shape index (κ3) is 4.58. The average molecular weight is 277 g/mol. The Hall–Kier alpha value is -0.900. The van der Waals surface area contributed by atoms with Gasteiger partial charge in [-0.3, -0.25) is 0 Å². The van der Waals surface area contributed by atoms with Gasteiger partial charge in [0.2, 0.25) is 0 Å². The standard InChI is InChI=1S/C17H27NO2/c1-2-3-5-10-16(15-8-6-4-7-9-15)18-13-17(19)11-12-20-14-17/h4,6-9,16,18-19H,2-3,5,10-14H2,1H3. The number of nitrogens with one attached hydrogen (secondary N) is 1. The molecular formula is C17H27NO2. The minimum absolute atomic E-state index is 0.326. The van der Waals surface area contributed by atoms with Gasteiger partial charge in [0.1, 0.15) is 5.60 Å². The lowest BCUT2D eigenvalue weighted by Gasteiger charge is -2.26. The lowest BCUT2D eigenvalue weighted by molar-refractivity contribution is 0.0244. The predicted molar refractivity (Wildman–Crippen MR) is 81.7 cm³/mol. The SMILES string of the molecule is CCCCCC(NCC1(O)CCOC1)c1ccccc1. The molecule has 1 aromatic carbocycles. The van der Waals surface area contributed by atoms with E-state index in [1.807, 2.05) is 6.07 Å². The zero-order valence-corrected chi connectivity index (χ0v) is 12.5. The van der Waals surface area contributed by atoms with Crippen LogP contribution in [0.15, 0.2) is 30.3 Å². The second kappa shape index (κ2) is 7.77. The van der Waals surface area contributed by atoms with Gasteiger partial charge in [-0.25, -0.2) is 0 Å². The summed E-state index contributed by atoms with van der Waals surface area (Å²) in [5.41, 5.74) is 0.628. The molecule has 112 valence electrons. The van der Waals surface area contributed by atoms with Gasteiger partial charge in [-0.2, -0.15) is 0 Å². The second-order valence-electron chi connectivity index (χ2n) is 5.87. The molecule has 2 N–H and O–H groups in total. The summed E-state index contributed by atoms with van der Waals surface area (Å²) < 4.78 is 5.31. The molecule has 0 bridgehead atoms. The summed E-state index contributed by atoms with van der Waals surface area (Å²) in [6.07, 6.45) is 5.57. The Balaban J connectivity index is 1.92. The smallest absolute Gasteiger partial charge is 0.103 e. The van der Waals surface area contributed by atoms with Gasteiger partial charge in [-0.05, 0) is 12.0 Å². The van der Waals surface area contributed by atoms with E-state index in [0.717, 1.165) is 12.8 Å². The molecule has 1 aliphatic rings. The van der Waals surface area contributed by atoms with E-state index < -0.39 is 5.60 Å². The highest BCUT2D eigenvalue weighted by Gasteiger charge is 2.32. The molecule has 0 saturated carbocycles. The molecule has 1 saturated heterocycles. The first kappa shape index (κ1) is 15.5. The molecule has 3 heteroatoms. The zero-order chi connectivity index (χ0) is 14.3. The third-order valence-electron chi connectivity index (χ3n) is 4.06. The maximum absolute atomic E-state index is 10.4. The minimum Gasteiger partial charge on any atom is -0.386 e. The first-order valence-corrected chi connectivity index (χ1v) is 7.82. The number of unbranched alkanes of at least 4 members (excludes halogenated alkanes) is 2. The summed E-state index contributed by atoms with van der Waals surface area (Å²) in [6, 6.07) is 10.9. The van der Waals surface area contributed by atoms with Crippen molar-refractivity contribution in [2.45, 2.75) is 50.7 Å². The molecule has 2 unspecified atom stereocenters. The summed E-state index contributed by atoms with van der Waals surface area (Å²) in [7, 11) is 0. The molecule has 0 aliphatic carbocycles. The fourth-order valence-corrected chi connectivity index (χ4v) is 2.72. The van der Waals surface area contributed by atoms with Crippen LogP contribution in [-0.2, 0) is 4.74 Å². The van der Waals surface area contributed by atoms with Gasteiger partial charge in [-0.15, -0.1) is 0 Å². The Labute approximate surface area is 122 Å². The quantitative estimate of drug-likeness (QED) is 0.718. The molecule has 20 heavy (non-hydrogen) atoms. The Morgan fingerprint density at radius 3 is 2.75 bits per heavy atom. The number of hydrogen-bond donors (Lipinski definition) is 2. The summed E-state index contributed by atoms with van der Waals surface area (Å²) in [5.74, 6) is 0. The summed E-state index contributed by atoms with van der Waals surface area (Å²) in [4.78, 5) is 0. The highest BCUT2D eigenvalue weighted by atomic mass is 16.5. The normalized spacial score (nSPS) is 23.9. The van der Waals surface area contributed by atoms with E-state index in [1.165, 1.54) is 24.8 Å². The average Bonchev–Trinajstić information content (AvgIpc) is 2.91. The van der Waals surface area contributed by atoms with Gasteiger partial charge >= 0.3 is 0 Å². The van der Waals surface area contributed by atoms with Crippen LogP contribution in [0, 0.1) is 0 Å². The van der Waals surface area contributed by atoms with Crippen molar-refractivity contribution < 1.29 is 9.84 Å². The lowest BCUT2D eigenvalue weighted by Crippen LogP contribution is -2.42. The van der Waals surface area contributed by atoms with Crippen LogP contribution in [0.3, 0.4) is 0 Å². The van der Waals surface area contributed by atoms with Crippen LogP contribution < -0.4 is 5.32 Å². The fourth-order valence-electron chi connectivity index (χ4n) is 2.72. The van der Waals surface area contributed by atoms with Crippen molar-refractivity contribution in [3.8, 4) is 0 Å². The molecule has 0 spiro atoms. The topological polar surface area (TPSA) is 41.5 Å². The molecule has 1 heterocycles. The molecule has 1 fully saturated rings. The Kier molecular flexibility index (Phi) is 6.02. The number of ether oxygens (including phenoxy) is 1. The first-order chi connectivity index (χ1) is 9.73. The maximum Gasteiger partial charge on any atom is 0.103 e. The van der Waals surface area contributed by atoms with Gasteiger partial charge < -0.3 is 15.2 Å². The Morgan fingerprint density at radius 1 is 1.30 bits per heavy atom. The van der Waals surface area contributed by atoms with E-state index in [4.69, 9.17) is 4.74 Å². The summed E-state index contributed by atoms with van der Waals surface area (Å²) >= 11 is 0. The van der Waals surface area contributed by atoms with Gasteiger partial charge in [0, 0.05) is 25.6 Å². The van der Waals surface area contributed by atoms with Crippen LogP contribution >= 0.6 is 0 Å². The largest absolute Gasteiger partial charge is 0.386 e. The van der Waals surface area contributed by atoms with E-state index in [-0.39, 0.29) is 0 Å². The Morgan fingerprint density at radius 2 is 2.10 bits per heavy atom. The summed E-state index contributed by atoms with van der Waals surface area (Å²) in [6.45, 7) is 3.96. The molecular weight excluding hydrogens is 250 g/mol. The molecule has 0 amide bonds. The predicted octanol–water partition coefficient (Wildman–Crippen LogP) is 3.05. The Bertz CT molecular complexity index is 374. The minimum atomic E-state index is -0.683. The third-order valence-corrected chi connectivity index (χ3v) is 4.06. The maximum atomic E-state index is 10.4. The van der Waals surface area contributed by atoms with Gasteiger partial charge in [-0.1, -0.05) is 56.5 Å². The first-order valence-electron chi connectivity index (χ1n) is 7.82. The van der Waals surface area contributed by atoms with Crippen LogP contribution in [0.25, 0.3) is 0 Å². The van der Waals surface area contributed by atoms with Crippen molar-refractivity contribution in [2.75, 3.05) is 19.8 Å². The van der Waals surface area contributed by atoms with Gasteiger partial charge in [0.25, 0.3) is 0 Å². The van der Waals surface area contributed by atoms with Crippen molar-refractivity contribution in [3.63, 3.8) is 0 Å². The second-order valence-corrected chi connectivity index (χ2v) is 5.87. The van der Waals surface area contributed by atoms with E-state index in [0.29, 0.717) is 25.8 Å². The highest BCUT2D eigenvalue weighted by Crippen LogP contribution is 2.23. The van der Waals surface area contributed by atoms with Crippen molar-refractivity contribution >= 4 is 0 Å². The molecule has 3 nitrogen and oxygen atoms in total. The van der Waals surface area contributed by atoms with Crippen molar-refractivity contribution in [1.82, 2.24) is 5.32 Å². The number of hydrogen-bond acceptors (Lipinski definition) is 3. The van der Waals surface area contributed by atoms with E-state index in [1.54, 1.807) is 0 Å². The molecule has 0 radical (unpaired) electrons. The van der Waals surface area contributed by atoms with Crippen LogP contribution in [0.5, 0.6) is 0 Å². The van der Waals surface area contributed by atoms with E-state index in [9.17, 15) is 5.11 Å². The van der Waals surface area contributed by atoms with Crippen molar-refractivity contribution in [1.29, 1.82) is 0 Å². The van der Waals surface area contributed by atoms with Crippen LogP contribution in [0.4, 0.5) is 0 Å². The highest BCUT2D eigenvalue weighted by molar-refractivity contribution is 5.19. The number of benzene rings is 1. The van der Waals surface area contributed by atoms with E-state index in [2.05, 4.69) is 36.5 Å². The van der Waals surface area contributed by atoms with Crippen molar-refractivity contribution in [3.05, 3.63) is 35.9 Å². The van der Waals surface area contributed by atoms with E-state index >= 15 is 0 Å². The monoisotopic (exact) mass is 277 g/mol. The van der Waals surface area contributed by atoms with Crippen LogP contribution in [0.1, 0.15) is 50.6 Å². The van der Waals surface area contributed by atoms with Crippen LogP contribution in [-0.4, -0.2) is 30.5 Å². The molecule has 1 aliphatic heterocycles. The lowest BCUT2D eigenvalue weighted by atomic mass is 9.98. The van der Waals surface area contributed by atoms with Crippen LogP contribution in [0.2, 0.25) is 0 Å². The molecule has 0 aromatic heterocycles. The van der Waals surface area contributed by atoms with Gasteiger partial charge in [0.05, 0.1) is 6.61 Å². The summed E-state index contributed by atoms with van der Waals surface area (Å²) in [5, 5.41) is 13.9. The number of rotatable bonds is 8. The number of aliphatic hydroxyl groups is 1.